The lowest BCUT2D eigenvalue weighted by molar-refractivity contribution is 0.392. The SMILES string of the molecule is Oc1c(F)c(F)c(F)c2c1ccc1c(O)c(F)c(F)c(F)c12. The molecule has 3 rings (SSSR count). The van der Waals surface area contributed by atoms with Crippen LogP contribution < -0.4 is 0 Å². The van der Waals surface area contributed by atoms with Gasteiger partial charge < -0.3 is 10.2 Å². The highest BCUT2D eigenvalue weighted by Crippen LogP contribution is 2.41. The van der Waals surface area contributed by atoms with E-state index in [1.165, 1.54) is 0 Å². The van der Waals surface area contributed by atoms with Gasteiger partial charge >= 0.3 is 0 Å². The van der Waals surface area contributed by atoms with Gasteiger partial charge in [0.15, 0.2) is 34.8 Å². The second-order valence-corrected chi connectivity index (χ2v) is 4.49. The van der Waals surface area contributed by atoms with Gasteiger partial charge in [0.2, 0.25) is 11.6 Å². The largest absolute Gasteiger partial charge is 0.504 e. The number of fused-ring (bicyclic) bond motifs is 3. The van der Waals surface area contributed by atoms with Crippen LogP contribution in [0.2, 0.25) is 0 Å². The molecular formula is C14H4F6O2. The van der Waals surface area contributed by atoms with E-state index >= 15 is 0 Å². The first-order valence-corrected chi connectivity index (χ1v) is 5.74. The lowest BCUT2D eigenvalue weighted by Gasteiger charge is -2.11. The standard InChI is InChI=1S/C14H4F6O2/c15-7-5-3(13(21)11(19)9(7)17)1-2-4-6(5)8(16)10(18)12(20)14(4)22/h1-2,21-22H. The zero-order valence-electron chi connectivity index (χ0n) is 10.3. The number of hydrogen-bond donors (Lipinski definition) is 2. The minimum absolute atomic E-state index is 0.659. The Labute approximate surface area is 117 Å². The highest BCUT2D eigenvalue weighted by Gasteiger charge is 2.27. The number of hydrogen-bond acceptors (Lipinski definition) is 2. The van der Waals surface area contributed by atoms with Gasteiger partial charge in [0, 0.05) is 21.5 Å². The van der Waals surface area contributed by atoms with Gasteiger partial charge in [-0.1, -0.05) is 0 Å². The number of phenolic OH excluding ortho intramolecular Hbond substituents is 2. The van der Waals surface area contributed by atoms with E-state index in [9.17, 15) is 36.6 Å². The Balaban J connectivity index is 2.74. The lowest BCUT2D eigenvalue weighted by Crippen LogP contribution is -1.99. The summed E-state index contributed by atoms with van der Waals surface area (Å²) in [5.41, 5.74) is 0. The van der Waals surface area contributed by atoms with E-state index in [4.69, 9.17) is 0 Å². The average molecular weight is 318 g/mol. The van der Waals surface area contributed by atoms with Crippen LogP contribution >= 0.6 is 0 Å². The zero-order valence-corrected chi connectivity index (χ0v) is 10.3. The number of halogens is 6. The Hall–Kier alpha value is -2.64. The molecule has 2 N–H and O–H groups in total. The van der Waals surface area contributed by atoms with E-state index in [1.807, 2.05) is 0 Å². The topological polar surface area (TPSA) is 40.5 Å². The van der Waals surface area contributed by atoms with Crippen LogP contribution in [-0.2, 0) is 0 Å². The molecule has 0 amide bonds. The molecule has 0 spiro atoms. The Morgan fingerprint density at radius 1 is 0.500 bits per heavy atom. The van der Waals surface area contributed by atoms with Crippen molar-refractivity contribution in [2.75, 3.05) is 0 Å². The van der Waals surface area contributed by atoms with E-state index in [2.05, 4.69) is 0 Å². The molecule has 2 nitrogen and oxygen atoms in total. The Morgan fingerprint density at radius 3 is 1.14 bits per heavy atom. The summed E-state index contributed by atoms with van der Waals surface area (Å²) in [4.78, 5) is 0. The van der Waals surface area contributed by atoms with E-state index in [1.54, 1.807) is 0 Å². The van der Waals surface area contributed by atoms with Gasteiger partial charge in [-0.15, -0.1) is 0 Å². The van der Waals surface area contributed by atoms with Crippen molar-refractivity contribution < 1.29 is 36.6 Å². The van der Waals surface area contributed by atoms with Crippen molar-refractivity contribution in [3.8, 4) is 11.5 Å². The second-order valence-electron chi connectivity index (χ2n) is 4.49. The van der Waals surface area contributed by atoms with Crippen LogP contribution in [-0.4, -0.2) is 10.2 Å². The fourth-order valence-electron chi connectivity index (χ4n) is 2.31. The van der Waals surface area contributed by atoms with Crippen LogP contribution in [0.3, 0.4) is 0 Å². The zero-order chi connectivity index (χ0) is 16.3. The summed E-state index contributed by atoms with van der Waals surface area (Å²) in [6.45, 7) is 0. The third-order valence-electron chi connectivity index (χ3n) is 3.34. The normalized spacial score (nSPS) is 11.5. The third kappa shape index (κ3) is 1.57. The fourth-order valence-corrected chi connectivity index (χ4v) is 2.31. The molecule has 0 aliphatic carbocycles. The Bertz CT molecular complexity index is 889. The van der Waals surface area contributed by atoms with Crippen molar-refractivity contribution in [3.63, 3.8) is 0 Å². The minimum Gasteiger partial charge on any atom is -0.504 e. The first-order valence-electron chi connectivity index (χ1n) is 5.74. The summed E-state index contributed by atoms with van der Waals surface area (Å²) < 4.78 is 81.2. The van der Waals surface area contributed by atoms with Crippen LogP contribution in [0, 0.1) is 34.9 Å². The molecule has 0 bridgehead atoms. The maximum atomic E-state index is 13.9. The summed E-state index contributed by atoms with van der Waals surface area (Å²) in [6, 6.07) is 1.63. The summed E-state index contributed by atoms with van der Waals surface area (Å²) in [6.07, 6.45) is 0. The Kier molecular flexibility index (Phi) is 2.88. The molecule has 3 aromatic rings. The fraction of sp³-hybridized carbons (Fsp3) is 0. The molecule has 0 fully saturated rings. The molecule has 3 aromatic carbocycles. The molecule has 8 heteroatoms. The van der Waals surface area contributed by atoms with Crippen molar-refractivity contribution in [2.24, 2.45) is 0 Å². The van der Waals surface area contributed by atoms with E-state index in [0.717, 1.165) is 12.1 Å². The summed E-state index contributed by atoms with van der Waals surface area (Å²) in [5, 5.41) is 15.6. The first kappa shape index (κ1) is 14.3. The summed E-state index contributed by atoms with van der Waals surface area (Å²) in [7, 11) is 0. The highest BCUT2D eigenvalue weighted by molar-refractivity contribution is 6.11. The summed E-state index contributed by atoms with van der Waals surface area (Å²) in [5.74, 6) is -14.5. The minimum atomic E-state index is -2.11. The van der Waals surface area contributed by atoms with Crippen LogP contribution in [0.25, 0.3) is 21.5 Å². The predicted molar refractivity (Wildman–Crippen MR) is 64.5 cm³/mol. The van der Waals surface area contributed by atoms with E-state index in [-0.39, 0.29) is 0 Å². The van der Waals surface area contributed by atoms with E-state index < -0.39 is 67.9 Å². The van der Waals surface area contributed by atoms with Crippen molar-refractivity contribution in [1.82, 2.24) is 0 Å². The second kappa shape index (κ2) is 4.43. The van der Waals surface area contributed by atoms with Gasteiger partial charge in [-0.05, 0) is 12.1 Å². The maximum Gasteiger partial charge on any atom is 0.204 e. The van der Waals surface area contributed by atoms with Gasteiger partial charge in [-0.25, -0.2) is 17.6 Å². The van der Waals surface area contributed by atoms with E-state index in [0.29, 0.717) is 0 Å². The molecular weight excluding hydrogens is 314 g/mol. The third-order valence-corrected chi connectivity index (χ3v) is 3.34. The molecule has 0 unspecified atom stereocenters. The van der Waals surface area contributed by atoms with Crippen LogP contribution in [0.5, 0.6) is 11.5 Å². The molecule has 0 aliphatic rings. The quantitative estimate of drug-likeness (QED) is 0.370. The smallest absolute Gasteiger partial charge is 0.204 e. The molecule has 0 radical (unpaired) electrons. The molecule has 22 heavy (non-hydrogen) atoms. The van der Waals surface area contributed by atoms with Crippen LogP contribution in [0.4, 0.5) is 26.3 Å². The number of phenols is 2. The van der Waals surface area contributed by atoms with Crippen LogP contribution in [0.15, 0.2) is 12.1 Å². The van der Waals surface area contributed by atoms with Crippen LogP contribution in [0.1, 0.15) is 0 Å². The van der Waals surface area contributed by atoms with Gasteiger partial charge in [0.1, 0.15) is 0 Å². The van der Waals surface area contributed by atoms with Crippen molar-refractivity contribution in [3.05, 3.63) is 47.0 Å². The highest BCUT2D eigenvalue weighted by atomic mass is 19.2. The molecule has 0 aliphatic heterocycles. The number of aromatic hydroxyl groups is 2. The van der Waals surface area contributed by atoms with Gasteiger partial charge in [0.25, 0.3) is 0 Å². The average Bonchev–Trinajstić information content (AvgIpc) is 2.52. The summed E-state index contributed by atoms with van der Waals surface area (Å²) >= 11 is 0. The van der Waals surface area contributed by atoms with Crippen molar-refractivity contribution >= 4 is 21.5 Å². The van der Waals surface area contributed by atoms with Gasteiger partial charge in [-0.2, -0.15) is 8.78 Å². The first-order chi connectivity index (χ1) is 10.3. The van der Waals surface area contributed by atoms with Gasteiger partial charge in [-0.3, -0.25) is 0 Å². The molecule has 0 heterocycles. The van der Waals surface area contributed by atoms with Crippen molar-refractivity contribution in [2.45, 2.75) is 0 Å². The molecule has 114 valence electrons. The number of rotatable bonds is 0. The molecule has 0 aromatic heterocycles. The predicted octanol–water partition coefficient (Wildman–Crippen LogP) is 4.24. The van der Waals surface area contributed by atoms with Gasteiger partial charge in [0.05, 0.1) is 0 Å². The molecule has 0 saturated heterocycles. The van der Waals surface area contributed by atoms with Crippen molar-refractivity contribution in [1.29, 1.82) is 0 Å². The lowest BCUT2D eigenvalue weighted by atomic mass is 9.98. The number of benzene rings is 3. The Morgan fingerprint density at radius 2 is 0.818 bits per heavy atom. The monoisotopic (exact) mass is 318 g/mol. The molecule has 0 atom stereocenters. The molecule has 0 saturated carbocycles. The maximum absolute atomic E-state index is 13.9.